The summed E-state index contributed by atoms with van der Waals surface area (Å²) in [6, 6.07) is 11.6. The molecule has 3 nitrogen and oxygen atoms in total. The molecule has 0 aliphatic heterocycles. The Morgan fingerprint density at radius 1 is 1.27 bits per heavy atom. The number of amides is 1. The van der Waals surface area contributed by atoms with Crippen LogP contribution in [-0.4, -0.2) is 5.91 Å². The summed E-state index contributed by atoms with van der Waals surface area (Å²) in [5, 5.41) is 0. The normalized spacial score (nSPS) is 10.1. The summed E-state index contributed by atoms with van der Waals surface area (Å²) < 4.78 is 5.23. The van der Waals surface area contributed by atoms with Crippen molar-refractivity contribution in [3.8, 4) is 0 Å². The van der Waals surface area contributed by atoms with E-state index in [0.717, 1.165) is 11.3 Å². The summed E-state index contributed by atoms with van der Waals surface area (Å²) in [6.45, 7) is 0. The van der Waals surface area contributed by atoms with E-state index in [1.54, 1.807) is 6.07 Å². The van der Waals surface area contributed by atoms with Gasteiger partial charge in [0.05, 0.1) is 5.56 Å². The highest BCUT2D eigenvalue weighted by molar-refractivity contribution is 5.92. The molecule has 1 aromatic heterocycles. The van der Waals surface area contributed by atoms with Crippen molar-refractivity contribution in [2.24, 2.45) is 5.73 Å². The lowest BCUT2D eigenvalue weighted by Gasteiger charge is -1.95. The van der Waals surface area contributed by atoms with E-state index in [9.17, 15) is 4.79 Å². The van der Waals surface area contributed by atoms with Gasteiger partial charge in [0, 0.05) is 6.42 Å². The predicted molar refractivity (Wildman–Crippen MR) is 56.5 cm³/mol. The van der Waals surface area contributed by atoms with Crippen LogP contribution in [0.1, 0.15) is 21.7 Å². The lowest BCUT2D eigenvalue weighted by molar-refractivity contribution is 0.0999. The number of carbonyl (C=O) groups excluding carboxylic acids is 1. The quantitative estimate of drug-likeness (QED) is 0.825. The Labute approximate surface area is 87.5 Å². The fraction of sp³-hybridized carbons (Fsp3) is 0.0833. The maximum Gasteiger partial charge on any atom is 0.251 e. The third kappa shape index (κ3) is 2.26. The van der Waals surface area contributed by atoms with Crippen molar-refractivity contribution in [3.05, 3.63) is 59.5 Å². The van der Waals surface area contributed by atoms with E-state index >= 15 is 0 Å². The molecule has 0 saturated carbocycles. The monoisotopic (exact) mass is 201 g/mol. The third-order valence-corrected chi connectivity index (χ3v) is 2.16. The second-order valence-electron chi connectivity index (χ2n) is 3.33. The molecule has 0 radical (unpaired) electrons. The molecule has 0 aliphatic rings. The Bertz CT molecular complexity index is 459. The van der Waals surface area contributed by atoms with Crippen LogP contribution in [0.3, 0.4) is 0 Å². The lowest BCUT2D eigenvalue weighted by atomic mass is 10.1. The predicted octanol–water partition coefficient (Wildman–Crippen LogP) is 1.97. The largest absolute Gasteiger partial charge is 0.468 e. The minimum absolute atomic E-state index is 0.418. The maximum atomic E-state index is 10.8. The smallest absolute Gasteiger partial charge is 0.251 e. The SMILES string of the molecule is NC(=O)c1coc(Cc2ccccc2)c1. The third-order valence-electron chi connectivity index (χ3n) is 2.16. The van der Waals surface area contributed by atoms with E-state index in [2.05, 4.69) is 0 Å². The fourth-order valence-electron chi connectivity index (χ4n) is 1.40. The number of rotatable bonds is 3. The number of nitrogens with two attached hydrogens (primary N) is 1. The Morgan fingerprint density at radius 2 is 2.00 bits per heavy atom. The first-order valence-electron chi connectivity index (χ1n) is 4.67. The molecule has 0 aliphatic carbocycles. The standard InChI is InChI=1S/C12H11NO2/c13-12(14)10-7-11(15-8-10)6-9-4-2-1-3-5-9/h1-5,7-8H,6H2,(H2,13,14). The van der Waals surface area contributed by atoms with Crippen LogP contribution in [0.5, 0.6) is 0 Å². The molecule has 0 unspecified atom stereocenters. The summed E-state index contributed by atoms with van der Waals surface area (Å²) in [6.07, 6.45) is 2.06. The van der Waals surface area contributed by atoms with Crippen LogP contribution in [0.15, 0.2) is 47.1 Å². The molecule has 1 aromatic carbocycles. The molecular formula is C12H11NO2. The van der Waals surface area contributed by atoms with Crippen molar-refractivity contribution in [2.75, 3.05) is 0 Å². The van der Waals surface area contributed by atoms with Crippen molar-refractivity contribution in [3.63, 3.8) is 0 Å². The highest BCUT2D eigenvalue weighted by Crippen LogP contribution is 2.12. The molecule has 76 valence electrons. The van der Waals surface area contributed by atoms with E-state index in [1.807, 2.05) is 30.3 Å². The van der Waals surface area contributed by atoms with E-state index in [-0.39, 0.29) is 0 Å². The molecule has 2 rings (SSSR count). The Balaban J connectivity index is 2.15. The first-order valence-corrected chi connectivity index (χ1v) is 4.67. The van der Waals surface area contributed by atoms with Gasteiger partial charge < -0.3 is 10.2 Å². The van der Waals surface area contributed by atoms with Crippen molar-refractivity contribution in [1.29, 1.82) is 0 Å². The van der Waals surface area contributed by atoms with Gasteiger partial charge in [-0.2, -0.15) is 0 Å². The van der Waals surface area contributed by atoms with Gasteiger partial charge in [-0.3, -0.25) is 4.79 Å². The number of carbonyl (C=O) groups is 1. The van der Waals surface area contributed by atoms with E-state index < -0.39 is 5.91 Å². The molecule has 0 saturated heterocycles. The summed E-state index contributed by atoms with van der Waals surface area (Å²) in [7, 11) is 0. The highest BCUT2D eigenvalue weighted by Gasteiger charge is 2.06. The molecule has 1 amide bonds. The van der Waals surface area contributed by atoms with Gasteiger partial charge in [-0.25, -0.2) is 0 Å². The van der Waals surface area contributed by atoms with E-state index in [1.165, 1.54) is 6.26 Å². The van der Waals surface area contributed by atoms with Crippen LogP contribution in [0, 0.1) is 0 Å². The Morgan fingerprint density at radius 3 is 2.60 bits per heavy atom. The molecule has 0 atom stereocenters. The number of hydrogen-bond acceptors (Lipinski definition) is 2. The van der Waals surface area contributed by atoms with E-state index in [0.29, 0.717) is 12.0 Å². The minimum atomic E-state index is -0.460. The molecule has 0 spiro atoms. The number of benzene rings is 1. The van der Waals surface area contributed by atoms with Gasteiger partial charge in [-0.15, -0.1) is 0 Å². The topological polar surface area (TPSA) is 56.2 Å². The molecule has 2 aromatic rings. The molecule has 1 heterocycles. The average molecular weight is 201 g/mol. The maximum absolute atomic E-state index is 10.8. The molecule has 0 fully saturated rings. The van der Waals surface area contributed by atoms with Crippen LogP contribution in [0.2, 0.25) is 0 Å². The lowest BCUT2D eigenvalue weighted by Crippen LogP contribution is -2.09. The summed E-state index contributed by atoms with van der Waals surface area (Å²) in [5.41, 5.74) is 6.68. The minimum Gasteiger partial charge on any atom is -0.468 e. The van der Waals surface area contributed by atoms with Crippen molar-refractivity contribution in [1.82, 2.24) is 0 Å². The molecule has 0 bridgehead atoms. The summed E-state index contributed by atoms with van der Waals surface area (Å²) in [5.74, 6) is 0.285. The van der Waals surface area contributed by atoms with Crippen molar-refractivity contribution < 1.29 is 9.21 Å². The van der Waals surface area contributed by atoms with Crippen LogP contribution < -0.4 is 5.73 Å². The summed E-state index contributed by atoms with van der Waals surface area (Å²) in [4.78, 5) is 10.8. The average Bonchev–Trinajstić information content (AvgIpc) is 2.68. The second kappa shape index (κ2) is 4.00. The molecule has 3 heteroatoms. The zero-order valence-corrected chi connectivity index (χ0v) is 8.14. The van der Waals surface area contributed by atoms with Crippen molar-refractivity contribution in [2.45, 2.75) is 6.42 Å². The zero-order valence-electron chi connectivity index (χ0n) is 8.14. The van der Waals surface area contributed by atoms with Gasteiger partial charge >= 0.3 is 0 Å². The molecule has 2 N–H and O–H groups in total. The summed E-state index contributed by atoms with van der Waals surface area (Å²) >= 11 is 0. The number of primary amides is 1. The molecule has 15 heavy (non-hydrogen) atoms. The number of hydrogen-bond donors (Lipinski definition) is 1. The Kier molecular flexibility index (Phi) is 2.54. The van der Waals surface area contributed by atoms with Gasteiger partial charge in [0.25, 0.3) is 5.91 Å². The fourth-order valence-corrected chi connectivity index (χ4v) is 1.40. The first kappa shape index (κ1) is 9.52. The van der Waals surface area contributed by atoms with Crippen LogP contribution in [0.4, 0.5) is 0 Å². The number of furan rings is 1. The van der Waals surface area contributed by atoms with Gasteiger partial charge in [-0.1, -0.05) is 30.3 Å². The first-order chi connectivity index (χ1) is 7.25. The van der Waals surface area contributed by atoms with Crippen LogP contribution in [0.25, 0.3) is 0 Å². The zero-order chi connectivity index (χ0) is 10.7. The van der Waals surface area contributed by atoms with Crippen LogP contribution >= 0.6 is 0 Å². The molecular weight excluding hydrogens is 190 g/mol. The van der Waals surface area contributed by atoms with Gasteiger partial charge in [0.15, 0.2) is 0 Å². The van der Waals surface area contributed by atoms with Gasteiger partial charge in [0.2, 0.25) is 0 Å². The highest BCUT2D eigenvalue weighted by atomic mass is 16.3. The Hall–Kier alpha value is -2.03. The van der Waals surface area contributed by atoms with Crippen molar-refractivity contribution >= 4 is 5.91 Å². The van der Waals surface area contributed by atoms with Gasteiger partial charge in [-0.05, 0) is 11.6 Å². The van der Waals surface area contributed by atoms with E-state index in [4.69, 9.17) is 10.2 Å². The second-order valence-corrected chi connectivity index (χ2v) is 3.33. The van der Waals surface area contributed by atoms with Crippen LogP contribution in [-0.2, 0) is 6.42 Å². The van der Waals surface area contributed by atoms with Gasteiger partial charge in [0.1, 0.15) is 12.0 Å².